The van der Waals surface area contributed by atoms with Crippen molar-refractivity contribution in [3.63, 3.8) is 0 Å². The van der Waals surface area contributed by atoms with E-state index in [1.54, 1.807) is 0 Å². The van der Waals surface area contributed by atoms with Crippen molar-refractivity contribution in [3.05, 3.63) is 29.8 Å². The van der Waals surface area contributed by atoms with E-state index in [0.29, 0.717) is 25.7 Å². The molecule has 0 unspecified atom stereocenters. The lowest BCUT2D eigenvalue weighted by molar-refractivity contribution is 0.120. The van der Waals surface area contributed by atoms with Crippen molar-refractivity contribution in [2.75, 3.05) is 0 Å². The molecule has 0 heterocycles. The van der Waals surface area contributed by atoms with Gasteiger partial charge in [-0.3, -0.25) is 0 Å². The zero-order chi connectivity index (χ0) is 14.0. The van der Waals surface area contributed by atoms with Crippen molar-refractivity contribution in [2.45, 2.75) is 42.7 Å². The van der Waals surface area contributed by atoms with Crippen molar-refractivity contribution in [2.24, 2.45) is 0 Å². The summed E-state index contributed by atoms with van der Waals surface area (Å²) < 4.78 is 52.8. The summed E-state index contributed by atoms with van der Waals surface area (Å²) in [6.07, 6.45) is 1.55. The zero-order valence-corrected chi connectivity index (χ0v) is 11.0. The largest absolute Gasteiger partial charge is 0.393 e. The van der Waals surface area contributed by atoms with Crippen LogP contribution in [0.2, 0.25) is 0 Å². The Morgan fingerprint density at radius 2 is 1.79 bits per heavy atom. The second-order valence-electron chi connectivity index (χ2n) is 4.68. The minimum absolute atomic E-state index is 0.351. The van der Waals surface area contributed by atoms with Gasteiger partial charge in [0.25, 0.3) is 0 Å². The number of hydrogen-bond acceptors (Lipinski definition) is 3. The van der Waals surface area contributed by atoms with Crippen LogP contribution in [0.3, 0.4) is 0 Å². The van der Waals surface area contributed by atoms with Crippen LogP contribution in [0.1, 0.15) is 25.7 Å². The summed E-state index contributed by atoms with van der Waals surface area (Å²) in [5.41, 5.74) is 0. The fourth-order valence-corrected chi connectivity index (χ4v) is 3.56. The summed E-state index contributed by atoms with van der Waals surface area (Å²) in [4.78, 5) is -0.682. The van der Waals surface area contributed by atoms with E-state index in [0.717, 1.165) is 18.2 Å². The molecule has 0 saturated heterocycles. The molecular weight excluding hydrogens is 276 g/mol. The number of aliphatic hydroxyl groups is 1. The quantitative estimate of drug-likeness (QED) is 0.888. The maximum atomic E-state index is 13.5. The van der Waals surface area contributed by atoms with Gasteiger partial charge < -0.3 is 5.11 Å². The Balaban J connectivity index is 2.16. The van der Waals surface area contributed by atoms with Gasteiger partial charge in [0, 0.05) is 6.04 Å². The molecular formula is C12H15F2NO3S. The van der Waals surface area contributed by atoms with Gasteiger partial charge in [-0.25, -0.2) is 21.9 Å². The Bertz CT molecular complexity index is 554. The fourth-order valence-electron chi connectivity index (χ4n) is 2.17. The van der Waals surface area contributed by atoms with Crippen LogP contribution in [-0.4, -0.2) is 25.7 Å². The van der Waals surface area contributed by atoms with Gasteiger partial charge in [-0.15, -0.1) is 0 Å². The second-order valence-corrected chi connectivity index (χ2v) is 6.36. The molecule has 0 radical (unpaired) electrons. The summed E-state index contributed by atoms with van der Waals surface area (Å²) in [6.45, 7) is 0. The molecule has 1 fully saturated rings. The minimum atomic E-state index is -4.08. The molecule has 0 aromatic heterocycles. The highest BCUT2D eigenvalue weighted by Gasteiger charge is 2.27. The van der Waals surface area contributed by atoms with Crippen LogP contribution in [0.25, 0.3) is 0 Å². The maximum Gasteiger partial charge on any atom is 0.243 e. The first kappa shape index (κ1) is 14.4. The van der Waals surface area contributed by atoms with Crippen LogP contribution in [0.15, 0.2) is 23.1 Å². The van der Waals surface area contributed by atoms with E-state index < -0.39 is 32.7 Å². The summed E-state index contributed by atoms with van der Waals surface area (Å²) in [5.74, 6) is -2.56. The van der Waals surface area contributed by atoms with Gasteiger partial charge in [-0.05, 0) is 37.8 Å². The molecule has 1 saturated carbocycles. The van der Waals surface area contributed by atoms with Crippen LogP contribution in [0.5, 0.6) is 0 Å². The third kappa shape index (κ3) is 3.29. The van der Waals surface area contributed by atoms with Crippen molar-refractivity contribution in [1.82, 2.24) is 4.72 Å². The van der Waals surface area contributed by atoms with Crippen LogP contribution in [-0.2, 0) is 10.0 Å². The van der Waals surface area contributed by atoms with Gasteiger partial charge >= 0.3 is 0 Å². The van der Waals surface area contributed by atoms with E-state index in [2.05, 4.69) is 4.72 Å². The number of halogens is 2. The highest BCUT2D eigenvalue weighted by Crippen LogP contribution is 2.22. The normalized spacial score (nSPS) is 24.4. The Kier molecular flexibility index (Phi) is 4.17. The third-order valence-corrected chi connectivity index (χ3v) is 4.76. The van der Waals surface area contributed by atoms with Gasteiger partial charge in [0.05, 0.1) is 6.10 Å². The molecule has 1 aliphatic rings. The Hall–Kier alpha value is -1.05. The van der Waals surface area contributed by atoms with Crippen molar-refractivity contribution < 1.29 is 22.3 Å². The highest BCUT2D eigenvalue weighted by atomic mass is 32.2. The zero-order valence-electron chi connectivity index (χ0n) is 10.1. The Labute approximate surface area is 110 Å². The summed E-state index contributed by atoms with van der Waals surface area (Å²) >= 11 is 0. The second kappa shape index (κ2) is 5.52. The highest BCUT2D eigenvalue weighted by molar-refractivity contribution is 7.89. The van der Waals surface area contributed by atoms with Crippen LogP contribution >= 0.6 is 0 Å². The molecule has 106 valence electrons. The lowest BCUT2D eigenvalue weighted by atomic mass is 9.94. The molecule has 0 spiro atoms. The SMILES string of the molecule is O=S(=O)(NC1CCC(O)CC1)c1cccc(F)c1F. The summed E-state index contributed by atoms with van der Waals surface area (Å²) in [6, 6.07) is 2.69. The van der Waals surface area contributed by atoms with Crippen LogP contribution in [0.4, 0.5) is 8.78 Å². The van der Waals surface area contributed by atoms with Crippen LogP contribution < -0.4 is 4.72 Å². The molecule has 0 amide bonds. The predicted octanol–water partition coefficient (Wildman–Crippen LogP) is 1.55. The number of benzene rings is 1. The van der Waals surface area contributed by atoms with E-state index in [9.17, 15) is 22.3 Å². The molecule has 19 heavy (non-hydrogen) atoms. The maximum absolute atomic E-state index is 13.5. The standard InChI is InChI=1S/C12H15F2NO3S/c13-10-2-1-3-11(12(10)14)19(17,18)15-8-4-6-9(16)7-5-8/h1-3,8-9,15-16H,4-7H2. The molecule has 2 rings (SSSR count). The number of hydrogen-bond donors (Lipinski definition) is 2. The van der Waals surface area contributed by atoms with E-state index in [1.807, 2.05) is 0 Å². The molecule has 1 aliphatic carbocycles. The molecule has 1 aromatic carbocycles. The molecule has 1 aromatic rings. The minimum Gasteiger partial charge on any atom is -0.393 e. The van der Waals surface area contributed by atoms with Gasteiger partial charge in [-0.1, -0.05) is 6.07 Å². The molecule has 0 aliphatic heterocycles. The number of rotatable bonds is 3. The van der Waals surface area contributed by atoms with Crippen molar-refractivity contribution in [1.29, 1.82) is 0 Å². The van der Waals surface area contributed by atoms with E-state index in [4.69, 9.17) is 0 Å². The van der Waals surface area contributed by atoms with Gasteiger partial charge in [0.2, 0.25) is 10.0 Å². The van der Waals surface area contributed by atoms with Gasteiger partial charge in [0.1, 0.15) is 4.90 Å². The Morgan fingerprint density at radius 3 is 2.42 bits per heavy atom. The molecule has 0 bridgehead atoms. The Morgan fingerprint density at radius 1 is 1.16 bits per heavy atom. The van der Waals surface area contributed by atoms with E-state index in [1.165, 1.54) is 0 Å². The van der Waals surface area contributed by atoms with Crippen molar-refractivity contribution >= 4 is 10.0 Å². The summed E-state index contributed by atoms with van der Waals surface area (Å²) in [7, 11) is -4.08. The predicted molar refractivity (Wildman–Crippen MR) is 64.9 cm³/mol. The molecule has 0 atom stereocenters. The first-order chi connectivity index (χ1) is 8.90. The average molecular weight is 291 g/mol. The number of sulfonamides is 1. The lowest BCUT2D eigenvalue weighted by Gasteiger charge is -2.26. The average Bonchev–Trinajstić information content (AvgIpc) is 2.35. The monoisotopic (exact) mass is 291 g/mol. The molecule has 2 N–H and O–H groups in total. The first-order valence-electron chi connectivity index (χ1n) is 6.04. The lowest BCUT2D eigenvalue weighted by Crippen LogP contribution is -2.38. The topological polar surface area (TPSA) is 66.4 Å². The number of nitrogens with one attached hydrogen (secondary N) is 1. The number of aliphatic hydroxyl groups excluding tert-OH is 1. The molecule has 4 nitrogen and oxygen atoms in total. The van der Waals surface area contributed by atoms with Crippen LogP contribution in [0, 0.1) is 11.6 Å². The summed E-state index contributed by atoms with van der Waals surface area (Å²) in [5, 5.41) is 9.34. The van der Waals surface area contributed by atoms with Gasteiger partial charge in [-0.2, -0.15) is 0 Å². The van der Waals surface area contributed by atoms with E-state index in [-0.39, 0.29) is 6.04 Å². The molecule has 7 heteroatoms. The fraction of sp³-hybridized carbons (Fsp3) is 0.500. The van der Waals surface area contributed by atoms with Crippen molar-refractivity contribution in [3.8, 4) is 0 Å². The van der Waals surface area contributed by atoms with E-state index >= 15 is 0 Å². The first-order valence-corrected chi connectivity index (χ1v) is 7.53. The smallest absolute Gasteiger partial charge is 0.243 e. The van der Waals surface area contributed by atoms with Gasteiger partial charge in [0.15, 0.2) is 11.6 Å². The third-order valence-electron chi connectivity index (χ3n) is 3.22.